The fraction of sp³-hybridized carbons (Fsp3) is 0.368. The summed E-state index contributed by atoms with van der Waals surface area (Å²) >= 11 is 0. The number of aromatic nitrogens is 2. The van der Waals surface area contributed by atoms with Gasteiger partial charge in [-0.3, -0.25) is 14.9 Å². The van der Waals surface area contributed by atoms with Gasteiger partial charge < -0.3 is 4.74 Å². The number of ether oxygens (including phenoxy) is 1. The Balaban J connectivity index is 1.36. The lowest BCUT2D eigenvalue weighted by molar-refractivity contribution is 0.217. The summed E-state index contributed by atoms with van der Waals surface area (Å²) in [5.41, 5.74) is 3.70. The number of hydrogen-bond acceptors (Lipinski definition) is 4. The Morgan fingerprint density at radius 2 is 2.00 bits per heavy atom. The van der Waals surface area contributed by atoms with Crippen LogP contribution in [0.4, 0.5) is 0 Å². The van der Waals surface area contributed by atoms with Crippen LogP contribution in [0.3, 0.4) is 0 Å². The second kappa shape index (κ2) is 6.50. The molecule has 0 radical (unpaired) electrons. The number of para-hydroxylation sites is 1. The topological polar surface area (TPSA) is 38.2 Å². The van der Waals surface area contributed by atoms with Crippen molar-refractivity contribution in [1.29, 1.82) is 0 Å². The summed E-state index contributed by atoms with van der Waals surface area (Å²) in [5, 5.41) is 0. The van der Waals surface area contributed by atoms with Crippen molar-refractivity contribution in [1.82, 2.24) is 14.9 Å². The van der Waals surface area contributed by atoms with Crippen LogP contribution in [0.1, 0.15) is 30.0 Å². The molecule has 2 aliphatic rings. The number of benzene rings is 1. The third-order valence-electron chi connectivity index (χ3n) is 4.71. The second-order valence-corrected chi connectivity index (χ2v) is 6.31. The van der Waals surface area contributed by atoms with Crippen LogP contribution in [0, 0.1) is 0 Å². The molecule has 0 N–H and O–H groups in total. The lowest BCUT2D eigenvalue weighted by atomic mass is 9.93. The van der Waals surface area contributed by atoms with E-state index in [-0.39, 0.29) is 0 Å². The molecule has 1 saturated heterocycles. The molecule has 2 aromatic rings. The first-order valence-electron chi connectivity index (χ1n) is 8.28. The number of fused-ring (bicyclic) bond motifs is 1. The van der Waals surface area contributed by atoms with Gasteiger partial charge in [0.05, 0.1) is 5.69 Å². The van der Waals surface area contributed by atoms with E-state index in [4.69, 9.17) is 4.74 Å². The largest absolute Gasteiger partial charge is 0.489 e. The van der Waals surface area contributed by atoms with Crippen molar-refractivity contribution in [2.24, 2.45) is 0 Å². The first kappa shape index (κ1) is 14.4. The molecule has 3 heterocycles. The molecule has 0 aliphatic carbocycles. The molecular weight excluding hydrogens is 286 g/mol. The van der Waals surface area contributed by atoms with Gasteiger partial charge in [0, 0.05) is 36.6 Å². The Kier molecular flexibility index (Phi) is 4.07. The van der Waals surface area contributed by atoms with E-state index in [0.29, 0.717) is 12.5 Å². The third-order valence-corrected chi connectivity index (χ3v) is 4.71. The van der Waals surface area contributed by atoms with Crippen LogP contribution in [0.15, 0.2) is 48.4 Å². The van der Waals surface area contributed by atoms with Crippen molar-refractivity contribution in [2.45, 2.75) is 18.8 Å². The zero-order chi connectivity index (χ0) is 15.5. The lowest BCUT2D eigenvalue weighted by Gasteiger charge is -2.32. The molecule has 0 atom stereocenters. The smallest absolute Gasteiger partial charge is 0.127 e. The quantitative estimate of drug-likeness (QED) is 0.873. The van der Waals surface area contributed by atoms with Crippen molar-refractivity contribution >= 4 is 6.08 Å². The van der Waals surface area contributed by atoms with E-state index < -0.39 is 0 Å². The van der Waals surface area contributed by atoms with Crippen LogP contribution in [0.2, 0.25) is 0 Å². The average Bonchev–Trinajstić information content (AvgIpc) is 2.63. The van der Waals surface area contributed by atoms with Crippen LogP contribution in [0.25, 0.3) is 6.08 Å². The minimum Gasteiger partial charge on any atom is -0.489 e. The van der Waals surface area contributed by atoms with Gasteiger partial charge in [-0.15, -0.1) is 0 Å². The summed E-state index contributed by atoms with van der Waals surface area (Å²) in [5.74, 6) is 1.55. The van der Waals surface area contributed by atoms with Gasteiger partial charge in [-0.25, -0.2) is 0 Å². The first-order valence-corrected chi connectivity index (χ1v) is 8.28. The predicted molar refractivity (Wildman–Crippen MR) is 90.4 cm³/mol. The Hall–Kier alpha value is -2.20. The molecule has 0 spiro atoms. The molecule has 0 unspecified atom stereocenters. The van der Waals surface area contributed by atoms with Crippen LogP contribution < -0.4 is 4.74 Å². The van der Waals surface area contributed by atoms with Crippen molar-refractivity contribution in [3.63, 3.8) is 0 Å². The molecule has 4 nitrogen and oxygen atoms in total. The fourth-order valence-electron chi connectivity index (χ4n) is 3.45. The number of rotatable bonds is 3. The maximum atomic E-state index is 5.85. The van der Waals surface area contributed by atoms with Gasteiger partial charge in [-0.2, -0.15) is 0 Å². The molecule has 1 fully saturated rings. The minimum atomic E-state index is 0.553. The van der Waals surface area contributed by atoms with Gasteiger partial charge in [-0.05, 0) is 43.6 Å². The highest BCUT2D eigenvalue weighted by atomic mass is 16.5. The molecular formula is C19H21N3O. The van der Waals surface area contributed by atoms with E-state index in [1.807, 2.05) is 18.3 Å². The molecule has 2 aliphatic heterocycles. The van der Waals surface area contributed by atoms with Crippen LogP contribution in [-0.4, -0.2) is 41.1 Å². The van der Waals surface area contributed by atoms with Crippen LogP contribution in [-0.2, 0) is 0 Å². The van der Waals surface area contributed by atoms with E-state index in [1.54, 1.807) is 12.4 Å². The van der Waals surface area contributed by atoms with Crippen molar-refractivity contribution < 1.29 is 4.74 Å². The third kappa shape index (κ3) is 3.27. The average molecular weight is 307 g/mol. The Bertz CT molecular complexity index is 691. The normalized spacial score (nSPS) is 18.9. The summed E-state index contributed by atoms with van der Waals surface area (Å²) in [4.78, 5) is 11.2. The highest BCUT2D eigenvalue weighted by molar-refractivity contribution is 5.62. The molecule has 1 aromatic carbocycles. The molecule has 118 valence electrons. The summed E-state index contributed by atoms with van der Waals surface area (Å²) < 4.78 is 5.85. The number of likely N-dealkylation sites (tertiary alicyclic amines) is 1. The van der Waals surface area contributed by atoms with Gasteiger partial charge in [0.25, 0.3) is 0 Å². The number of nitrogens with zero attached hydrogens (tertiary/aromatic N) is 3. The van der Waals surface area contributed by atoms with Gasteiger partial charge in [0.1, 0.15) is 12.4 Å². The maximum Gasteiger partial charge on any atom is 0.127 e. The number of hydrogen-bond donors (Lipinski definition) is 0. The Morgan fingerprint density at radius 3 is 2.83 bits per heavy atom. The SMILES string of the molecule is C1=C(CN2CCC(c3cnccn3)CC2)COc2ccccc21. The van der Waals surface area contributed by atoms with Crippen LogP contribution in [0.5, 0.6) is 5.75 Å². The van der Waals surface area contributed by atoms with E-state index >= 15 is 0 Å². The highest BCUT2D eigenvalue weighted by Gasteiger charge is 2.23. The second-order valence-electron chi connectivity index (χ2n) is 6.31. The van der Waals surface area contributed by atoms with Crippen molar-refractivity contribution in [2.75, 3.05) is 26.2 Å². The fourth-order valence-corrected chi connectivity index (χ4v) is 3.45. The molecule has 0 saturated carbocycles. The van der Waals surface area contributed by atoms with Gasteiger partial charge in [-0.1, -0.05) is 18.2 Å². The summed E-state index contributed by atoms with van der Waals surface area (Å²) in [6.07, 6.45) is 10.0. The van der Waals surface area contributed by atoms with Gasteiger partial charge in [0.15, 0.2) is 0 Å². The van der Waals surface area contributed by atoms with Crippen molar-refractivity contribution in [3.8, 4) is 5.75 Å². The van der Waals surface area contributed by atoms with Gasteiger partial charge >= 0.3 is 0 Å². The molecule has 0 bridgehead atoms. The standard InChI is InChI=1S/C19H21N3O/c1-2-4-19-17(3-1)11-15(14-23-19)13-22-9-5-16(6-10-22)18-12-20-7-8-21-18/h1-4,7-8,11-12,16H,5-6,9-10,13-14H2. The monoisotopic (exact) mass is 307 g/mol. The molecule has 1 aromatic heterocycles. The molecule has 23 heavy (non-hydrogen) atoms. The van der Waals surface area contributed by atoms with Crippen LogP contribution >= 0.6 is 0 Å². The van der Waals surface area contributed by atoms with E-state index in [9.17, 15) is 0 Å². The minimum absolute atomic E-state index is 0.553. The predicted octanol–water partition coefficient (Wildman–Crippen LogP) is 3.13. The summed E-state index contributed by atoms with van der Waals surface area (Å²) in [7, 11) is 0. The summed E-state index contributed by atoms with van der Waals surface area (Å²) in [6, 6.07) is 8.24. The Morgan fingerprint density at radius 1 is 1.13 bits per heavy atom. The zero-order valence-electron chi connectivity index (χ0n) is 13.2. The molecule has 4 heteroatoms. The number of piperidine rings is 1. The van der Waals surface area contributed by atoms with Crippen molar-refractivity contribution in [3.05, 3.63) is 59.7 Å². The highest BCUT2D eigenvalue weighted by Crippen LogP contribution is 2.29. The lowest BCUT2D eigenvalue weighted by Crippen LogP contribution is -2.35. The molecule has 4 rings (SSSR count). The molecule has 0 amide bonds. The zero-order valence-corrected chi connectivity index (χ0v) is 13.2. The summed E-state index contributed by atoms with van der Waals surface area (Å²) in [6.45, 7) is 3.93. The maximum absolute atomic E-state index is 5.85. The van der Waals surface area contributed by atoms with E-state index in [2.05, 4.69) is 33.1 Å². The van der Waals surface area contributed by atoms with Gasteiger partial charge in [0.2, 0.25) is 0 Å². The first-order chi connectivity index (χ1) is 11.4. The van der Waals surface area contributed by atoms with E-state index in [0.717, 1.165) is 43.9 Å². The van der Waals surface area contributed by atoms with E-state index in [1.165, 1.54) is 11.1 Å². The Labute approximate surface area is 136 Å².